The van der Waals surface area contributed by atoms with E-state index in [2.05, 4.69) is 4.90 Å². The molecule has 4 rings (SSSR count). The van der Waals surface area contributed by atoms with Gasteiger partial charge >= 0.3 is 0 Å². The van der Waals surface area contributed by atoms with Crippen LogP contribution in [0.2, 0.25) is 0 Å². The molecule has 3 heterocycles. The van der Waals surface area contributed by atoms with Gasteiger partial charge in [-0.15, -0.1) is 11.3 Å². The molecule has 0 aromatic carbocycles. The van der Waals surface area contributed by atoms with Crippen LogP contribution >= 0.6 is 35.3 Å². The maximum atomic E-state index is 5.53. The van der Waals surface area contributed by atoms with Crippen molar-refractivity contribution in [2.75, 3.05) is 40.4 Å². The first-order valence-corrected chi connectivity index (χ1v) is 10.7. The largest absolute Gasteiger partial charge is 0.379 e. The van der Waals surface area contributed by atoms with E-state index in [0.29, 0.717) is 0 Å². The van der Waals surface area contributed by atoms with Gasteiger partial charge in [-0.2, -0.15) is 0 Å². The normalized spacial score (nSPS) is 17.8. The summed E-state index contributed by atoms with van der Waals surface area (Å²) >= 11 is 8.98. The van der Waals surface area contributed by atoms with Crippen molar-refractivity contribution in [2.45, 2.75) is 30.8 Å². The summed E-state index contributed by atoms with van der Waals surface area (Å²) < 4.78 is 6.29. The highest BCUT2D eigenvalue weighted by molar-refractivity contribution is 8.23. The first-order valence-electron chi connectivity index (χ1n) is 8.62. The van der Waals surface area contributed by atoms with Crippen LogP contribution in [0.4, 0.5) is 0 Å². The predicted molar refractivity (Wildman–Crippen MR) is 108 cm³/mol. The Morgan fingerprint density at radius 3 is 2.84 bits per heavy atom. The summed E-state index contributed by atoms with van der Waals surface area (Å²) in [6.07, 6.45) is 3.57. The fraction of sp³-hybridized carbons (Fsp3) is 0.588. The fourth-order valence-corrected chi connectivity index (χ4v) is 5.68. The number of hydrogen-bond donors (Lipinski definition) is 0. The van der Waals surface area contributed by atoms with Crippen LogP contribution in [-0.2, 0) is 24.1 Å². The van der Waals surface area contributed by atoms with Gasteiger partial charge in [0, 0.05) is 37.4 Å². The Hall–Kier alpha value is -0.800. The van der Waals surface area contributed by atoms with Crippen LogP contribution in [0.15, 0.2) is 5.03 Å². The minimum Gasteiger partial charge on any atom is -0.379 e. The molecule has 1 saturated heterocycles. The van der Waals surface area contributed by atoms with Crippen LogP contribution in [0.5, 0.6) is 0 Å². The molecule has 2 aromatic heterocycles. The number of nitrogens with zero attached hydrogens (tertiary/aromatic N) is 4. The van der Waals surface area contributed by atoms with Gasteiger partial charge in [0.25, 0.3) is 0 Å². The van der Waals surface area contributed by atoms with Gasteiger partial charge in [0.2, 0.25) is 0 Å². The Labute approximate surface area is 161 Å². The second kappa shape index (κ2) is 7.44. The molecule has 1 fully saturated rings. The molecular formula is C17H22N4OS3. The summed E-state index contributed by atoms with van der Waals surface area (Å²) in [6.45, 7) is 4.26. The average Bonchev–Trinajstić information content (AvgIpc) is 3.16. The molecule has 0 atom stereocenters. The molecule has 2 aromatic rings. The van der Waals surface area contributed by atoms with Crippen molar-refractivity contribution in [3.8, 4) is 0 Å². The Kier molecular flexibility index (Phi) is 5.24. The molecule has 0 spiro atoms. The number of thiophene rings is 1. The molecule has 25 heavy (non-hydrogen) atoms. The van der Waals surface area contributed by atoms with Gasteiger partial charge in [0.05, 0.1) is 19.8 Å². The third kappa shape index (κ3) is 3.68. The second-order valence-corrected chi connectivity index (χ2v) is 9.34. The minimum atomic E-state index is 0.782. The highest BCUT2D eigenvalue weighted by atomic mass is 32.2. The van der Waals surface area contributed by atoms with Gasteiger partial charge in [0.1, 0.15) is 20.0 Å². The monoisotopic (exact) mass is 394 g/mol. The number of hydrogen-bond acceptors (Lipinski definition) is 7. The number of aromatic nitrogens is 2. The highest BCUT2D eigenvalue weighted by Crippen LogP contribution is 2.41. The number of thioether (sulfide) groups is 1. The SMILES string of the molecule is CN(C)C(=S)Sc1nc(CN2CCOCC2)nc2sc3c(c12)CCC3. The third-order valence-corrected chi connectivity index (χ3v) is 7.43. The van der Waals surface area contributed by atoms with E-state index < -0.39 is 0 Å². The van der Waals surface area contributed by atoms with E-state index in [1.54, 1.807) is 11.8 Å². The van der Waals surface area contributed by atoms with E-state index in [4.69, 9.17) is 26.9 Å². The zero-order valence-electron chi connectivity index (χ0n) is 14.6. The van der Waals surface area contributed by atoms with E-state index in [0.717, 1.165) is 59.3 Å². The molecule has 1 aliphatic carbocycles. The van der Waals surface area contributed by atoms with Crippen LogP contribution in [0.25, 0.3) is 10.2 Å². The Bertz CT molecular complexity index is 799. The highest BCUT2D eigenvalue weighted by Gasteiger charge is 2.24. The van der Waals surface area contributed by atoms with Crippen molar-refractivity contribution < 1.29 is 4.74 Å². The van der Waals surface area contributed by atoms with Crippen LogP contribution < -0.4 is 0 Å². The van der Waals surface area contributed by atoms with Crippen LogP contribution in [-0.4, -0.2) is 64.5 Å². The van der Waals surface area contributed by atoms with Crippen molar-refractivity contribution in [1.29, 1.82) is 0 Å². The van der Waals surface area contributed by atoms with E-state index in [-0.39, 0.29) is 0 Å². The first-order chi connectivity index (χ1) is 12.1. The zero-order chi connectivity index (χ0) is 17.4. The molecule has 1 aliphatic heterocycles. The molecule has 0 amide bonds. The fourth-order valence-electron chi connectivity index (χ4n) is 3.28. The smallest absolute Gasteiger partial charge is 0.145 e. The summed E-state index contributed by atoms with van der Waals surface area (Å²) in [6, 6.07) is 0. The number of aryl methyl sites for hydroxylation is 2. The van der Waals surface area contributed by atoms with Gasteiger partial charge in [0.15, 0.2) is 0 Å². The molecular weight excluding hydrogens is 372 g/mol. The van der Waals surface area contributed by atoms with Crippen molar-refractivity contribution in [1.82, 2.24) is 19.8 Å². The number of morpholine rings is 1. The molecule has 134 valence electrons. The second-order valence-electron chi connectivity index (χ2n) is 6.63. The third-order valence-electron chi connectivity index (χ3n) is 4.60. The molecule has 0 unspecified atom stereocenters. The number of ether oxygens (including phenoxy) is 1. The van der Waals surface area contributed by atoms with Crippen molar-refractivity contribution in [3.05, 3.63) is 16.3 Å². The van der Waals surface area contributed by atoms with Crippen molar-refractivity contribution >= 4 is 49.9 Å². The quantitative estimate of drug-likeness (QED) is 0.450. The van der Waals surface area contributed by atoms with Crippen LogP contribution in [0.1, 0.15) is 22.7 Å². The van der Waals surface area contributed by atoms with Crippen molar-refractivity contribution in [2.24, 2.45) is 0 Å². The van der Waals surface area contributed by atoms with Crippen molar-refractivity contribution in [3.63, 3.8) is 0 Å². The lowest BCUT2D eigenvalue weighted by molar-refractivity contribution is 0.0330. The van der Waals surface area contributed by atoms with Crippen LogP contribution in [0.3, 0.4) is 0 Å². The molecule has 2 aliphatic rings. The number of rotatable bonds is 3. The Balaban J connectivity index is 1.71. The molecule has 0 bridgehead atoms. The Morgan fingerprint density at radius 1 is 1.28 bits per heavy atom. The summed E-state index contributed by atoms with van der Waals surface area (Å²) in [5, 5.41) is 2.28. The molecule has 0 radical (unpaired) electrons. The van der Waals surface area contributed by atoms with E-state index >= 15 is 0 Å². The standard InChI is InChI=1S/C17H22N4OS3/c1-20(2)17(23)25-16-14-11-4-3-5-12(11)24-15(14)18-13(19-16)10-21-6-8-22-9-7-21/h3-10H2,1-2H3. The maximum absolute atomic E-state index is 5.53. The van der Waals surface area contributed by atoms with Crippen LogP contribution in [0, 0.1) is 0 Å². The predicted octanol–water partition coefficient (Wildman–Crippen LogP) is 2.95. The lowest BCUT2D eigenvalue weighted by atomic mass is 10.2. The molecule has 0 saturated carbocycles. The molecule has 8 heteroatoms. The summed E-state index contributed by atoms with van der Waals surface area (Å²) in [7, 11) is 3.97. The molecule has 0 N–H and O–H groups in total. The summed E-state index contributed by atoms with van der Waals surface area (Å²) in [4.78, 5) is 16.8. The van der Waals surface area contributed by atoms with Gasteiger partial charge in [-0.25, -0.2) is 9.97 Å². The van der Waals surface area contributed by atoms with Gasteiger partial charge in [-0.1, -0.05) is 12.2 Å². The minimum absolute atomic E-state index is 0.782. The maximum Gasteiger partial charge on any atom is 0.145 e. The van der Waals surface area contributed by atoms with Gasteiger partial charge < -0.3 is 9.64 Å². The number of thiocarbonyl (C=S) groups is 1. The van der Waals surface area contributed by atoms with Gasteiger partial charge in [-0.3, -0.25) is 4.90 Å². The van der Waals surface area contributed by atoms with E-state index in [1.165, 1.54) is 28.7 Å². The van der Waals surface area contributed by atoms with E-state index in [1.807, 2.05) is 30.3 Å². The molecule has 5 nitrogen and oxygen atoms in total. The topological polar surface area (TPSA) is 41.5 Å². The summed E-state index contributed by atoms with van der Waals surface area (Å²) in [5.41, 5.74) is 1.46. The summed E-state index contributed by atoms with van der Waals surface area (Å²) in [5.74, 6) is 0.901. The van der Waals surface area contributed by atoms with E-state index in [9.17, 15) is 0 Å². The zero-order valence-corrected chi connectivity index (χ0v) is 17.0. The number of fused-ring (bicyclic) bond motifs is 3. The Morgan fingerprint density at radius 2 is 2.08 bits per heavy atom. The lowest BCUT2D eigenvalue weighted by Gasteiger charge is -2.25. The lowest BCUT2D eigenvalue weighted by Crippen LogP contribution is -2.36. The first kappa shape index (κ1) is 17.6. The van der Waals surface area contributed by atoms with Gasteiger partial charge in [-0.05, 0) is 36.6 Å². The average molecular weight is 395 g/mol.